The molecule has 0 radical (unpaired) electrons. The lowest BCUT2D eigenvalue weighted by Gasteiger charge is -2.08. The number of benzene rings is 3. The van der Waals surface area contributed by atoms with Gasteiger partial charge in [0.25, 0.3) is 0 Å². The van der Waals surface area contributed by atoms with Crippen LogP contribution in [-0.2, 0) is 6.61 Å². The van der Waals surface area contributed by atoms with Gasteiger partial charge in [-0.3, -0.25) is 5.41 Å². The Labute approximate surface area is 148 Å². The molecule has 0 aliphatic carbocycles. The van der Waals surface area contributed by atoms with Crippen molar-refractivity contribution >= 4 is 18.2 Å². The van der Waals surface area contributed by atoms with Crippen LogP contribution in [0, 0.1) is 5.41 Å². The summed E-state index contributed by atoms with van der Waals surface area (Å²) in [5, 5.41) is 7.42. The van der Waals surface area contributed by atoms with E-state index >= 15 is 0 Å². The van der Waals surface area contributed by atoms with E-state index in [1.54, 1.807) is 0 Å². The fourth-order valence-corrected chi connectivity index (χ4v) is 2.33. The zero-order valence-electron chi connectivity index (χ0n) is 13.1. The van der Waals surface area contributed by atoms with E-state index in [1.807, 2.05) is 78.9 Å². The first-order valence-corrected chi connectivity index (χ1v) is 7.44. The fraction of sp³-hybridized carbons (Fsp3) is 0.0500. The largest absolute Gasteiger partial charge is 0.489 e. The van der Waals surface area contributed by atoms with Crippen LogP contribution < -0.4 is 10.5 Å². The van der Waals surface area contributed by atoms with Crippen molar-refractivity contribution in [1.82, 2.24) is 0 Å². The van der Waals surface area contributed by atoms with Crippen molar-refractivity contribution in [1.29, 1.82) is 5.41 Å². The van der Waals surface area contributed by atoms with Gasteiger partial charge in [-0.2, -0.15) is 0 Å². The minimum atomic E-state index is 0. The number of amidine groups is 1. The molecule has 0 heterocycles. The van der Waals surface area contributed by atoms with Crippen molar-refractivity contribution in [2.45, 2.75) is 6.61 Å². The summed E-state index contributed by atoms with van der Waals surface area (Å²) in [6.45, 7) is 0.563. The Hall–Kier alpha value is -2.78. The molecule has 0 fully saturated rings. The Morgan fingerprint density at radius 1 is 0.792 bits per heavy atom. The predicted octanol–water partition coefficient (Wildman–Crippen LogP) is 4.64. The number of halogens is 1. The molecule has 0 aliphatic rings. The van der Waals surface area contributed by atoms with Gasteiger partial charge in [0.2, 0.25) is 0 Å². The van der Waals surface area contributed by atoms with E-state index in [2.05, 4.69) is 0 Å². The highest BCUT2D eigenvalue weighted by Gasteiger charge is 2.01. The molecule has 0 saturated heterocycles. The van der Waals surface area contributed by atoms with Gasteiger partial charge in [-0.1, -0.05) is 66.7 Å². The molecule has 122 valence electrons. The van der Waals surface area contributed by atoms with Gasteiger partial charge < -0.3 is 10.5 Å². The van der Waals surface area contributed by atoms with Crippen molar-refractivity contribution in [2.75, 3.05) is 0 Å². The number of rotatable bonds is 5. The highest BCUT2D eigenvalue weighted by Crippen LogP contribution is 2.23. The number of nitrogens with two attached hydrogens (primary N) is 1. The zero-order chi connectivity index (χ0) is 16.1. The van der Waals surface area contributed by atoms with Crippen molar-refractivity contribution in [3.8, 4) is 16.9 Å². The molecule has 3 aromatic rings. The fourth-order valence-electron chi connectivity index (χ4n) is 2.33. The maximum atomic E-state index is 7.42. The van der Waals surface area contributed by atoms with Crippen LogP contribution in [0.25, 0.3) is 11.1 Å². The molecule has 4 heteroatoms. The molecule has 0 amide bonds. The summed E-state index contributed by atoms with van der Waals surface area (Å²) in [6, 6.07) is 25.8. The van der Waals surface area contributed by atoms with Crippen LogP contribution in [0.15, 0.2) is 78.9 Å². The first-order valence-electron chi connectivity index (χ1n) is 7.44. The summed E-state index contributed by atoms with van der Waals surface area (Å²) in [6.07, 6.45) is 0. The maximum Gasteiger partial charge on any atom is 0.122 e. The van der Waals surface area contributed by atoms with Gasteiger partial charge >= 0.3 is 0 Å². The molecule has 3 aromatic carbocycles. The third kappa shape index (κ3) is 4.37. The van der Waals surface area contributed by atoms with Gasteiger partial charge in [0, 0.05) is 5.56 Å². The van der Waals surface area contributed by atoms with Crippen LogP contribution in [0.2, 0.25) is 0 Å². The van der Waals surface area contributed by atoms with Gasteiger partial charge in [-0.05, 0) is 28.8 Å². The molecule has 0 aliphatic heterocycles. The Balaban J connectivity index is 0.00000208. The highest BCUT2D eigenvalue weighted by atomic mass is 35.5. The van der Waals surface area contributed by atoms with Crippen LogP contribution in [0.4, 0.5) is 0 Å². The summed E-state index contributed by atoms with van der Waals surface area (Å²) in [7, 11) is 0. The molecule has 24 heavy (non-hydrogen) atoms. The van der Waals surface area contributed by atoms with Crippen molar-refractivity contribution in [3.05, 3.63) is 90.0 Å². The summed E-state index contributed by atoms with van der Waals surface area (Å²) < 4.78 is 5.79. The van der Waals surface area contributed by atoms with Crippen LogP contribution in [0.3, 0.4) is 0 Å². The molecule has 3 nitrogen and oxygen atoms in total. The van der Waals surface area contributed by atoms with E-state index in [-0.39, 0.29) is 18.2 Å². The third-order valence-electron chi connectivity index (χ3n) is 3.63. The van der Waals surface area contributed by atoms with Gasteiger partial charge in [-0.15, -0.1) is 12.4 Å². The summed E-state index contributed by atoms with van der Waals surface area (Å²) in [4.78, 5) is 0. The first-order chi connectivity index (χ1) is 11.2. The van der Waals surface area contributed by atoms with E-state index in [0.29, 0.717) is 6.61 Å². The van der Waals surface area contributed by atoms with Crippen LogP contribution >= 0.6 is 12.4 Å². The number of ether oxygens (including phenoxy) is 1. The Morgan fingerprint density at radius 3 is 1.88 bits per heavy atom. The molecular weight excluding hydrogens is 320 g/mol. The molecule has 0 unspecified atom stereocenters. The van der Waals surface area contributed by atoms with E-state index in [0.717, 1.165) is 28.0 Å². The number of nitrogen functional groups attached to an aromatic ring is 1. The Kier molecular flexibility index (Phi) is 5.99. The second-order valence-electron chi connectivity index (χ2n) is 5.29. The van der Waals surface area contributed by atoms with E-state index in [4.69, 9.17) is 15.9 Å². The molecular formula is C20H19ClN2O. The molecule has 0 aromatic heterocycles. The van der Waals surface area contributed by atoms with E-state index < -0.39 is 0 Å². The van der Waals surface area contributed by atoms with Gasteiger partial charge in [0.1, 0.15) is 18.2 Å². The van der Waals surface area contributed by atoms with Crippen molar-refractivity contribution in [2.24, 2.45) is 5.73 Å². The quantitative estimate of drug-likeness (QED) is 0.526. The molecule has 0 atom stereocenters. The van der Waals surface area contributed by atoms with Crippen LogP contribution in [-0.4, -0.2) is 5.84 Å². The smallest absolute Gasteiger partial charge is 0.122 e. The molecule has 3 rings (SSSR count). The summed E-state index contributed by atoms with van der Waals surface area (Å²) in [5.74, 6) is 0.930. The van der Waals surface area contributed by atoms with Crippen LogP contribution in [0.1, 0.15) is 11.1 Å². The van der Waals surface area contributed by atoms with Crippen molar-refractivity contribution < 1.29 is 4.74 Å². The normalized spacial score (nSPS) is 9.83. The number of nitrogens with one attached hydrogen (secondary N) is 1. The minimum Gasteiger partial charge on any atom is -0.489 e. The molecule has 0 saturated carbocycles. The standard InChI is InChI=1S/C20H18N2O.ClH/c21-20(22)18-8-6-16(7-9-18)17-10-12-19(13-11-17)23-14-15-4-2-1-3-5-15;/h1-13H,14H2,(H3,21,22);1H. The maximum absolute atomic E-state index is 7.42. The van der Waals surface area contributed by atoms with Crippen LogP contribution in [0.5, 0.6) is 5.75 Å². The molecule has 3 N–H and O–H groups in total. The average molecular weight is 339 g/mol. The van der Waals surface area contributed by atoms with Gasteiger partial charge in [0.05, 0.1) is 0 Å². The second-order valence-corrected chi connectivity index (χ2v) is 5.29. The SMILES string of the molecule is Cl.N=C(N)c1ccc(-c2ccc(OCc3ccccc3)cc2)cc1. The lowest BCUT2D eigenvalue weighted by molar-refractivity contribution is 0.306. The number of hydrogen-bond acceptors (Lipinski definition) is 2. The first kappa shape index (κ1) is 17.6. The monoisotopic (exact) mass is 338 g/mol. The zero-order valence-corrected chi connectivity index (χ0v) is 13.9. The average Bonchev–Trinajstić information content (AvgIpc) is 2.61. The third-order valence-corrected chi connectivity index (χ3v) is 3.63. The summed E-state index contributed by atoms with van der Waals surface area (Å²) in [5.41, 5.74) is 9.54. The van der Waals surface area contributed by atoms with Gasteiger partial charge in [-0.25, -0.2) is 0 Å². The Morgan fingerprint density at radius 2 is 1.33 bits per heavy atom. The predicted molar refractivity (Wildman–Crippen MR) is 101 cm³/mol. The highest BCUT2D eigenvalue weighted by molar-refractivity contribution is 5.95. The molecule has 0 bridgehead atoms. The lowest BCUT2D eigenvalue weighted by atomic mass is 10.0. The van der Waals surface area contributed by atoms with E-state index in [9.17, 15) is 0 Å². The lowest BCUT2D eigenvalue weighted by Crippen LogP contribution is -2.10. The van der Waals surface area contributed by atoms with E-state index in [1.165, 1.54) is 0 Å². The second kappa shape index (κ2) is 8.18. The molecule has 0 spiro atoms. The Bertz CT molecular complexity index is 784. The number of hydrogen-bond donors (Lipinski definition) is 2. The summed E-state index contributed by atoms with van der Waals surface area (Å²) >= 11 is 0. The van der Waals surface area contributed by atoms with Gasteiger partial charge in [0.15, 0.2) is 0 Å². The topological polar surface area (TPSA) is 59.1 Å². The minimum absolute atomic E-state index is 0. The van der Waals surface area contributed by atoms with Crippen molar-refractivity contribution in [3.63, 3.8) is 0 Å².